The molecule has 1 fully saturated rings. The molecule has 0 saturated heterocycles. The molecular weight excluding hydrogens is 204 g/mol. The van der Waals surface area contributed by atoms with Crippen molar-refractivity contribution in [3.8, 4) is 0 Å². The van der Waals surface area contributed by atoms with E-state index in [9.17, 15) is 4.79 Å². The maximum absolute atomic E-state index is 11.8. The van der Waals surface area contributed by atoms with E-state index >= 15 is 0 Å². The number of nitrogens with zero attached hydrogens (tertiary/aromatic N) is 1. The largest absolute Gasteiger partial charge is 0.468 e. The fraction of sp³-hybridized carbons (Fsp3) is 0.917. The first-order valence-corrected chi connectivity index (χ1v) is 6.10. The maximum Gasteiger partial charge on any atom is 0.327 e. The van der Waals surface area contributed by atoms with E-state index in [2.05, 4.69) is 11.8 Å². The lowest BCUT2D eigenvalue weighted by molar-refractivity contribution is -0.148. The van der Waals surface area contributed by atoms with Gasteiger partial charge in [0.2, 0.25) is 0 Å². The van der Waals surface area contributed by atoms with E-state index in [1.54, 1.807) is 0 Å². The van der Waals surface area contributed by atoms with Gasteiger partial charge in [-0.2, -0.15) is 0 Å². The van der Waals surface area contributed by atoms with Crippen molar-refractivity contribution in [1.82, 2.24) is 4.90 Å². The van der Waals surface area contributed by atoms with Crippen LogP contribution in [-0.2, 0) is 9.53 Å². The van der Waals surface area contributed by atoms with Gasteiger partial charge in [-0.3, -0.25) is 4.79 Å². The molecule has 1 aliphatic carbocycles. The molecule has 1 atom stereocenters. The molecule has 4 heteroatoms. The number of carbonyl (C=O) groups excluding carboxylic acids is 1. The molecule has 4 nitrogen and oxygen atoms in total. The van der Waals surface area contributed by atoms with Crippen molar-refractivity contribution in [2.24, 2.45) is 11.7 Å². The highest BCUT2D eigenvalue weighted by Gasteiger charge is 2.49. The number of unbranched alkanes of at least 4 members (excludes halogenated alkanes) is 1. The minimum atomic E-state index is -0.794. The van der Waals surface area contributed by atoms with Crippen LogP contribution >= 0.6 is 0 Å². The number of nitrogens with two attached hydrogens (primary N) is 1. The second-order valence-corrected chi connectivity index (χ2v) is 4.90. The minimum Gasteiger partial charge on any atom is -0.468 e. The smallest absolute Gasteiger partial charge is 0.327 e. The van der Waals surface area contributed by atoms with Gasteiger partial charge in [0.25, 0.3) is 0 Å². The zero-order valence-corrected chi connectivity index (χ0v) is 10.7. The van der Waals surface area contributed by atoms with E-state index in [1.807, 2.05) is 7.05 Å². The fourth-order valence-corrected chi connectivity index (χ4v) is 2.10. The van der Waals surface area contributed by atoms with Gasteiger partial charge in [0.05, 0.1) is 7.11 Å². The van der Waals surface area contributed by atoms with Crippen molar-refractivity contribution in [1.29, 1.82) is 0 Å². The summed E-state index contributed by atoms with van der Waals surface area (Å²) in [5.74, 6) is 0.0439. The van der Waals surface area contributed by atoms with Crippen LogP contribution in [0.25, 0.3) is 0 Å². The first kappa shape index (κ1) is 13.5. The number of esters is 1. The molecule has 0 amide bonds. The highest BCUT2D eigenvalue weighted by atomic mass is 16.5. The Morgan fingerprint density at radius 1 is 1.56 bits per heavy atom. The molecule has 16 heavy (non-hydrogen) atoms. The van der Waals surface area contributed by atoms with Gasteiger partial charge in [0, 0.05) is 6.54 Å². The molecule has 0 spiro atoms. The Kier molecular flexibility index (Phi) is 4.74. The molecule has 1 saturated carbocycles. The zero-order valence-electron chi connectivity index (χ0n) is 10.7. The van der Waals surface area contributed by atoms with Crippen molar-refractivity contribution in [2.45, 2.75) is 38.1 Å². The summed E-state index contributed by atoms with van der Waals surface area (Å²) < 4.78 is 4.83. The summed E-state index contributed by atoms with van der Waals surface area (Å²) in [5.41, 5.74) is 5.42. The van der Waals surface area contributed by atoms with Crippen LogP contribution in [0.2, 0.25) is 0 Å². The van der Waals surface area contributed by atoms with E-state index < -0.39 is 5.54 Å². The number of hydrogen-bond acceptors (Lipinski definition) is 4. The molecule has 0 aromatic carbocycles. The highest BCUT2D eigenvalue weighted by molar-refractivity contribution is 5.81. The van der Waals surface area contributed by atoms with Gasteiger partial charge in [0.15, 0.2) is 0 Å². The predicted octanol–water partition coefficient (Wildman–Crippen LogP) is 0.999. The van der Waals surface area contributed by atoms with E-state index in [1.165, 1.54) is 7.11 Å². The second kappa shape index (κ2) is 5.64. The predicted molar refractivity (Wildman–Crippen MR) is 64.1 cm³/mol. The number of methoxy groups -OCH3 is 1. The lowest BCUT2D eigenvalue weighted by atomic mass is 9.94. The molecule has 2 N–H and O–H groups in total. The van der Waals surface area contributed by atoms with Gasteiger partial charge < -0.3 is 15.4 Å². The molecule has 0 aliphatic heterocycles. The van der Waals surface area contributed by atoms with Crippen LogP contribution in [0.4, 0.5) is 0 Å². The van der Waals surface area contributed by atoms with Crippen molar-refractivity contribution in [3.05, 3.63) is 0 Å². The van der Waals surface area contributed by atoms with Gasteiger partial charge in [-0.05, 0) is 38.8 Å². The monoisotopic (exact) mass is 228 g/mol. The third-order valence-electron chi connectivity index (χ3n) is 3.30. The van der Waals surface area contributed by atoms with E-state index in [0.29, 0.717) is 12.5 Å². The lowest BCUT2D eigenvalue weighted by Gasteiger charge is -2.31. The Balaban J connectivity index is 2.53. The number of carbonyl (C=O) groups is 1. The Hall–Kier alpha value is -0.610. The van der Waals surface area contributed by atoms with Crippen molar-refractivity contribution in [2.75, 3.05) is 27.2 Å². The van der Waals surface area contributed by atoms with E-state index in [0.717, 1.165) is 32.2 Å². The van der Waals surface area contributed by atoms with Crippen LogP contribution in [0.3, 0.4) is 0 Å². The summed E-state index contributed by atoms with van der Waals surface area (Å²) >= 11 is 0. The summed E-state index contributed by atoms with van der Waals surface area (Å²) in [6, 6.07) is 0. The number of likely N-dealkylation sites (N-methyl/N-ethyl adjacent to an activating group) is 1. The van der Waals surface area contributed by atoms with Crippen LogP contribution in [0, 0.1) is 5.92 Å². The molecule has 0 aromatic heterocycles. The molecule has 94 valence electrons. The second-order valence-electron chi connectivity index (χ2n) is 4.90. The molecule has 0 heterocycles. The SMILES string of the molecule is CCCCN(C)CC(N)(C(=O)OC)C1CC1. The van der Waals surface area contributed by atoms with E-state index in [4.69, 9.17) is 10.5 Å². The average molecular weight is 228 g/mol. The molecule has 0 radical (unpaired) electrons. The highest BCUT2D eigenvalue weighted by Crippen LogP contribution is 2.39. The average Bonchev–Trinajstić information content (AvgIpc) is 3.08. The first-order valence-electron chi connectivity index (χ1n) is 6.10. The Morgan fingerprint density at radius 3 is 2.62 bits per heavy atom. The van der Waals surface area contributed by atoms with Crippen molar-refractivity contribution < 1.29 is 9.53 Å². The Labute approximate surface area is 98.1 Å². The maximum atomic E-state index is 11.8. The van der Waals surface area contributed by atoms with Crippen LogP contribution < -0.4 is 5.73 Å². The third kappa shape index (κ3) is 3.19. The normalized spacial score (nSPS) is 19.6. The van der Waals surface area contributed by atoms with Crippen molar-refractivity contribution >= 4 is 5.97 Å². The van der Waals surface area contributed by atoms with Gasteiger partial charge in [-0.15, -0.1) is 0 Å². The number of hydrogen-bond donors (Lipinski definition) is 1. The zero-order chi connectivity index (χ0) is 12.2. The summed E-state index contributed by atoms with van der Waals surface area (Å²) in [4.78, 5) is 13.9. The van der Waals surface area contributed by atoms with Crippen LogP contribution in [0.1, 0.15) is 32.6 Å². The van der Waals surface area contributed by atoms with E-state index in [-0.39, 0.29) is 5.97 Å². The Bertz CT molecular complexity index is 241. The summed E-state index contributed by atoms with van der Waals surface area (Å²) in [6.45, 7) is 3.74. The topological polar surface area (TPSA) is 55.6 Å². The van der Waals surface area contributed by atoms with Crippen LogP contribution in [0.15, 0.2) is 0 Å². The lowest BCUT2D eigenvalue weighted by Crippen LogP contribution is -2.58. The molecule has 0 aromatic rings. The molecule has 1 rings (SSSR count). The Morgan fingerprint density at radius 2 is 2.19 bits per heavy atom. The van der Waals surface area contributed by atoms with Gasteiger partial charge in [-0.25, -0.2) is 0 Å². The third-order valence-corrected chi connectivity index (χ3v) is 3.30. The van der Waals surface area contributed by atoms with Gasteiger partial charge >= 0.3 is 5.97 Å². The van der Waals surface area contributed by atoms with Gasteiger partial charge in [0.1, 0.15) is 5.54 Å². The van der Waals surface area contributed by atoms with Crippen LogP contribution in [-0.4, -0.2) is 43.7 Å². The van der Waals surface area contributed by atoms with Crippen molar-refractivity contribution in [3.63, 3.8) is 0 Å². The van der Waals surface area contributed by atoms with Crippen LogP contribution in [0.5, 0.6) is 0 Å². The summed E-state index contributed by atoms with van der Waals surface area (Å²) in [5, 5.41) is 0. The molecule has 1 unspecified atom stereocenters. The first-order chi connectivity index (χ1) is 7.54. The quantitative estimate of drug-likeness (QED) is 0.660. The number of rotatable bonds is 7. The standard InChI is InChI=1S/C12H24N2O2/c1-4-5-8-14(2)9-12(13,10-6-7-10)11(15)16-3/h10H,4-9,13H2,1-3H3. The molecular formula is C12H24N2O2. The molecule has 1 aliphatic rings. The summed E-state index contributed by atoms with van der Waals surface area (Å²) in [6.07, 6.45) is 4.39. The van der Waals surface area contributed by atoms with Gasteiger partial charge in [-0.1, -0.05) is 13.3 Å². The number of ether oxygens (including phenoxy) is 1. The fourth-order valence-electron chi connectivity index (χ4n) is 2.10. The summed E-state index contributed by atoms with van der Waals surface area (Å²) in [7, 11) is 3.43. The minimum absolute atomic E-state index is 0.265. The molecule has 0 bridgehead atoms.